The Hall–Kier alpha value is -3.46. The third kappa shape index (κ3) is 3.56. The Kier molecular flexibility index (Phi) is 5.98. The lowest BCUT2D eigenvalue weighted by molar-refractivity contribution is -0.156. The summed E-state index contributed by atoms with van der Waals surface area (Å²) in [6, 6.07) is 8.54. The first-order valence-corrected chi connectivity index (χ1v) is 12.4. The van der Waals surface area contributed by atoms with Gasteiger partial charge in [0.15, 0.2) is 6.61 Å². The molecule has 2 aliphatic heterocycles. The zero-order valence-electron chi connectivity index (χ0n) is 21.1. The molecule has 5 rings (SSSR count). The summed E-state index contributed by atoms with van der Waals surface area (Å²) in [6.45, 7) is 5.81. The number of anilines is 1. The smallest absolute Gasteiger partial charge is 0.354 e. The van der Waals surface area contributed by atoms with Gasteiger partial charge in [-0.15, -0.1) is 0 Å². The first-order chi connectivity index (χ1) is 17.2. The van der Waals surface area contributed by atoms with Gasteiger partial charge in [0.1, 0.15) is 0 Å². The first-order valence-electron chi connectivity index (χ1n) is 12.4. The summed E-state index contributed by atoms with van der Waals surface area (Å²) in [6.07, 6.45) is 1.77. The lowest BCUT2D eigenvalue weighted by Crippen LogP contribution is -2.69. The minimum Gasteiger partial charge on any atom is -0.454 e. The average Bonchev–Trinajstić information content (AvgIpc) is 3.56. The second-order valence-electron chi connectivity index (χ2n) is 9.93. The molecule has 2 aromatic rings. The Morgan fingerprint density at radius 1 is 1.17 bits per heavy atom. The molecule has 0 radical (unpaired) electrons. The SMILES string of the molecule is COC[C@@H](C)n1c(C)cc(C(=O)COC(=O)[C@]23CCC(=O)N2c2ccccc2C(=O)N3C2CC2)c1C. The van der Waals surface area contributed by atoms with Gasteiger partial charge >= 0.3 is 5.97 Å². The number of hydrogen-bond acceptors (Lipinski definition) is 6. The van der Waals surface area contributed by atoms with Gasteiger partial charge in [-0.25, -0.2) is 4.79 Å². The minimum atomic E-state index is -1.56. The number of ketones is 1. The van der Waals surface area contributed by atoms with E-state index in [9.17, 15) is 19.2 Å². The number of nitrogens with zero attached hydrogens (tertiary/aromatic N) is 3. The number of rotatable bonds is 8. The number of hydrogen-bond donors (Lipinski definition) is 0. The largest absolute Gasteiger partial charge is 0.454 e. The third-order valence-corrected chi connectivity index (χ3v) is 7.51. The first kappa shape index (κ1) is 24.2. The van der Waals surface area contributed by atoms with E-state index in [-0.39, 0.29) is 42.5 Å². The summed E-state index contributed by atoms with van der Waals surface area (Å²) >= 11 is 0. The van der Waals surface area contributed by atoms with Crippen LogP contribution in [0.2, 0.25) is 0 Å². The van der Waals surface area contributed by atoms with Crippen molar-refractivity contribution in [3.8, 4) is 0 Å². The van der Waals surface area contributed by atoms with Crippen LogP contribution in [0.15, 0.2) is 30.3 Å². The minimum absolute atomic E-state index is 0.0384. The van der Waals surface area contributed by atoms with Crippen molar-refractivity contribution in [3.63, 3.8) is 0 Å². The topological polar surface area (TPSA) is 98.1 Å². The van der Waals surface area contributed by atoms with Crippen LogP contribution in [-0.2, 0) is 19.1 Å². The molecule has 2 atom stereocenters. The van der Waals surface area contributed by atoms with Crippen molar-refractivity contribution in [1.82, 2.24) is 9.47 Å². The summed E-state index contributed by atoms with van der Waals surface area (Å²) in [5.74, 6) is -1.59. The number of fused-ring (bicyclic) bond motifs is 3. The molecule has 9 nitrogen and oxygen atoms in total. The van der Waals surface area contributed by atoms with Crippen molar-refractivity contribution in [2.24, 2.45) is 0 Å². The standard InChI is InChI=1S/C27H31N3O6/c1-16-13-21(18(3)28(16)17(2)14-35-4)23(31)15-36-26(34)27-12-11-24(32)30(27)22-8-6-5-7-20(22)25(33)29(27)19-9-10-19/h5-8,13,17,19H,9-12,14-15H2,1-4H3/t17-,27+/m1/s1. The summed E-state index contributed by atoms with van der Waals surface area (Å²) in [5, 5.41) is 0. The van der Waals surface area contributed by atoms with Crippen LogP contribution in [-0.4, -0.2) is 65.1 Å². The van der Waals surface area contributed by atoms with Gasteiger partial charge in [0.05, 0.1) is 23.9 Å². The third-order valence-electron chi connectivity index (χ3n) is 7.51. The fraction of sp³-hybridized carbons (Fsp3) is 0.481. The van der Waals surface area contributed by atoms with Crippen LogP contribution < -0.4 is 4.90 Å². The van der Waals surface area contributed by atoms with E-state index in [1.807, 2.05) is 25.3 Å². The fourth-order valence-corrected chi connectivity index (χ4v) is 5.89. The highest BCUT2D eigenvalue weighted by Gasteiger charge is 2.64. The molecule has 0 spiro atoms. The van der Waals surface area contributed by atoms with Crippen LogP contribution >= 0.6 is 0 Å². The summed E-state index contributed by atoms with van der Waals surface area (Å²) in [4.78, 5) is 56.4. The molecular formula is C27H31N3O6. The molecule has 36 heavy (non-hydrogen) atoms. The molecule has 0 bridgehead atoms. The molecule has 1 aromatic heterocycles. The average molecular weight is 494 g/mol. The molecule has 1 saturated heterocycles. The molecule has 190 valence electrons. The lowest BCUT2D eigenvalue weighted by atomic mass is 9.96. The van der Waals surface area contributed by atoms with Crippen LogP contribution in [0, 0.1) is 13.8 Å². The molecule has 2 amide bonds. The number of Topliss-reactive ketones (excluding diaryl/α,β-unsaturated/α-hetero) is 1. The van der Waals surface area contributed by atoms with E-state index in [1.165, 1.54) is 9.80 Å². The Balaban J connectivity index is 1.43. The predicted octanol–water partition coefficient (Wildman–Crippen LogP) is 3.18. The summed E-state index contributed by atoms with van der Waals surface area (Å²) < 4.78 is 12.9. The number of amides is 2. The maximum Gasteiger partial charge on any atom is 0.354 e. The molecule has 1 aromatic carbocycles. The van der Waals surface area contributed by atoms with Gasteiger partial charge in [0.2, 0.25) is 17.4 Å². The second-order valence-corrected chi connectivity index (χ2v) is 9.93. The summed E-state index contributed by atoms with van der Waals surface area (Å²) in [5.41, 5.74) is 1.41. The Morgan fingerprint density at radius 3 is 2.58 bits per heavy atom. The van der Waals surface area contributed by atoms with Crippen LogP contribution in [0.4, 0.5) is 5.69 Å². The maximum atomic E-state index is 13.7. The monoisotopic (exact) mass is 493 g/mol. The Bertz CT molecular complexity index is 1260. The normalized spacial score (nSPS) is 21.9. The van der Waals surface area contributed by atoms with E-state index < -0.39 is 18.2 Å². The zero-order valence-corrected chi connectivity index (χ0v) is 21.1. The number of aryl methyl sites for hydroxylation is 1. The molecule has 3 aliphatic rings. The number of carbonyl (C=O) groups excluding carboxylic acids is 4. The Labute approximate surface area is 209 Å². The molecule has 0 unspecified atom stereocenters. The fourth-order valence-electron chi connectivity index (χ4n) is 5.89. The van der Waals surface area contributed by atoms with Crippen LogP contribution in [0.25, 0.3) is 0 Å². The van der Waals surface area contributed by atoms with Crippen molar-refractivity contribution in [2.75, 3.05) is 25.2 Å². The number of ether oxygens (including phenoxy) is 2. The van der Waals surface area contributed by atoms with Crippen molar-refractivity contribution < 1.29 is 28.7 Å². The number of methoxy groups -OCH3 is 1. The lowest BCUT2D eigenvalue weighted by Gasteiger charge is -2.48. The van der Waals surface area contributed by atoms with Gasteiger partial charge in [-0.3, -0.25) is 19.3 Å². The van der Waals surface area contributed by atoms with Crippen LogP contribution in [0.3, 0.4) is 0 Å². The van der Waals surface area contributed by atoms with Crippen molar-refractivity contribution in [1.29, 1.82) is 0 Å². The molecule has 1 aliphatic carbocycles. The number of carbonyl (C=O) groups is 4. The molecule has 2 fully saturated rings. The highest BCUT2D eigenvalue weighted by molar-refractivity contribution is 6.16. The van der Waals surface area contributed by atoms with Gasteiger partial charge < -0.3 is 18.9 Å². The number of benzene rings is 1. The zero-order chi connectivity index (χ0) is 25.8. The van der Waals surface area contributed by atoms with Crippen molar-refractivity contribution in [2.45, 2.75) is 64.2 Å². The quantitative estimate of drug-likeness (QED) is 0.414. The maximum absolute atomic E-state index is 13.7. The number of aromatic nitrogens is 1. The number of para-hydroxylation sites is 1. The molecule has 9 heteroatoms. The van der Waals surface area contributed by atoms with Crippen LogP contribution in [0.1, 0.15) is 70.8 Å². The van der Waals surface area contributed by atoms with E-state index in [1.54, 1.807) is 37.4 Å². The van der Waals surface area contributed by atoms with E-state index in [2.05, 4.69) is 0 Å². The molecular weight excluding hydrogens is 462 g/mol. The predicted molar refractivity (Wildman–Crippen MR) is 131 cm³/mol. The number of esters is 1. The second kappa shape index (κ2) is 8.89. The van der Waals surface area contributed by atoms with Gasteiger partial charge in [0.25, 0.3) is 5.91 Å². The molecule has 3 heterocycles. The van der Waals surface area contributed by atoms with Crippen molar-refractivity contribution in [3.05, 3.63) is 52.8 Å². The van der Waals surface area contributed by atoms with E-state index >= 15 is 0 Å². The molecule has 0 N–H and O–H groups in total. The Morgan fingerprint density at radius 2 is 1.89 bits per heavy atom. The van der Waals surface area contributed by atoms with Gasteiger partial charge in [-0.05, 0) is 51.8 Å². The molecule has 1 saturated carbocycles. The van der Waals surface area contributed by atoms with E-state index in [4.69, 9.17) is 9.47 Å². The van der Waals surface area contributed by atoms with E-state index in [0.29, 0.717) is 23.4 Å². The van der Waals surface area contributed by atoms with Gasteiger partial charge in [-0.2, -0.15) is 0 Å². The van der Waals surface area contributed by atoms with Gasteiger partial charge in [-0.1, -0.05) is 12.1 Å². The van der Waals surface area contributed by atoms with Crippen molar-refractivity contribution >= 4 is 29.3 Å². The highest BCUT2D eigenvalue weighted by atomic mass is 16.5. The van der Waals surface area contributed by atoms with Crippen LogP contribution in [0.5, 0.6) is 0 Å². The summed E-state index contributed by atoms with van der Waals surface area (Å²) in [7, 11) is 1.63. The highest BCUT2D eigenvalue weighted by Crippen LogP contribution is 2.49. The van der Waals surface area contributed by atoms with Gasteiger partial charge in [0, 0.05) is 42.9 Å². The van der Waals surface area contributed by atoms with E-state index in [0.717, 1.165) is 24.2 Å².